The summed E-state index contributed by atoms with van der Waals surface area (Å²) in [6, 6.07) is 51.9. The Morgan fingerprint density at radius 2 is 0.628 bits per heavy atom. The average molecular weight is 561 g/mol. The lowest BCUT2D eigenvalue weighted by Gasteiger charge is -2.17. The normalized spacial score (nSPS) is 10.5. The van der Waals surface area contributed by atoms with Gasteiger partial charge in [-0.1, -0.05) is 133 Å². The van der Waals surface area contributed by atoms with Crippen molar-refractivity contribution in [3.05, 3.63) is 169 Å². The fourth-order valence-electron chi connectivity index (χ4n) is 4.81. The molecule has 6 rings (SSSR count). The third-order valence-electron chi connectivity index (χ3n) is 6.95. The maximum atomic E-state index is 6.22. The monoisotopic (exact) mass is 561 g/mol. The van der Waals surface area contributed by atoms with Crippen molar-refractivity contribution in [1.82, 2.24) is 0 Å². The summed E-state index contributed by atoms with van der Waals surface area (Å²) in [6.45, 7) is 0.951. The Labute approximate surface area is 253 Å². The second kappa shape index (κ2) is 14.0. The van der Waals surface area contributed by atoms with Crippen LogP contribution >= 0.6 is 0 Å². The van der Waals surface area contributed by atoms with Gasteiger partial charge in [-0.15, -0.1) is 0 Å². The van der Waals surface area contributed by atoms with Gasteiger partial charge in [-0.25, -0.2) is 0 Å². The van der Waals surface area contributed by atoms with Crippen molar-refractivity contribution in [3.8, 4) is 45.3 Å². The van der Waals surface area contributed by atoms with E-state index in [0.29, 0.717) is 24.7 Å². The van der Waals surface area contributed by atoms with E-state index in [-0.39, 0.29) is 0 Å². The van der Waals surface area contributed by atoms with Crippen LogP contribution in [0, 0.1) is 0 Å². The molecule has 209 valence electrons. The standard InChI is InChI=1S/C38H30BO4/c1-3-15-29(16-4-1)27-40-35-23-11-7-19-31(35)33-21-9-13-25-37(33)42-39-43-38-26-14-10-22-34(38)32-20-8-12-24-36(32)41-28-30-17-5-2-6-18-30/h1-26H,27-28H2. The maximum Gasteiger partial charge on any atom is 0.658 e. The average Bonchev–Trinajstić information content (AvgIpc) is 3.08. The van der Waals surface area contributed by atoms with Crippen LogP contribution in [0.4, 0.5) is 0 Å². The number of benzene rings is 6. The van der Waals surface area contributed by atoms with Gasteiger partial charge < -0.3 is 18.8 Å². The molecule has 0 aromatic heterocycles. The van der Waals surface area contributed by atoms with E-state index in [1.54, 1.807) is 0 Å². The third kappa shape index (κ3) is 7.09. The Hall–Kier alpha value is -5.42. The molecule has 0 saturated carbocycles. The minimum Gasteiger partial charge on any atom is -0.526 e. The smallest absolute Gasteiger partial charge is 0.526 e. The first kappa shape index (κ1) is 27.7. The molecule has 0 spiro atoms. The van der Waals surface area contributed by atoms with Crippen LogP contribution in [0.15, 0.2) is 158 Å². The molecular weight excluding hydrogens is 531 g/mol. The van der Waals surface area contributed by atoms with E-state index in [1.807, 2.05) is 133 Å². The van der Waals surface area contributed by atoms with Gasteiger partial charge in [-0.05, 0) is 35.4 Å². The van der Waals surface area contributed by atoms with Crippen LogP contribution in [0.2, 0.25) is 0 Å². The molecule has 4 nitrogen and oxygen atoms in total. The Bertz CT molecular complexity index is 1620. The van der Waals surface area contributed by atoms with E-state index in [2.05, 4.69) is 24.3 Å². The second-order valence-corrected chi connectivity index (χ2v) is 9.87. The van der Waals surface area contributed by atoms with Crippen LogP contribution < -0.4 is 18.8 Å². The summed E-state index contributed by atoms with van der Waals surface area (Å²) < 4.78 is 24.7. The summed E-state index contributed by atoms with van der Waals surface area (Å²) in [4.78, 5) is 0. The molecule has 0 unspecified atom stereocenters. The first-order chi connectivity index (χ1) is 21.3. The summed E-state index contributed by atoms with van der Waals surface area (Å²) in [5.74, 6) is 2.87. The molecule has 5 heteroatoms. The molecule has 1 radical (unpaired) electrons. The van der Waals surface area contributed by atoms with Crippen molar-refractivity contribution < 1.29 is 18.8 Å². The molecule has 43 heavy (non-hydrogen) atoms. The highest BCUT2D eigenvalue weighted by atomic mass is 16.6. The Balaban J connectivity index is 1.17. The number of hydrogen-bond acceptors (Lipinski definition) is 4. The Morgan fingerprint density at radius 1 is 0.326 bits per heavy atom. The van der Waals surface area contributed by atoms with E-state index in [4.69, 9.17) is 18.8 Å². The minimum absolute atomic E-state index is 0.476. The van der Waals surface area contributed by atoms with Crippen molar-refractivity contribution >= 4 is 7.69 Å². The van der Waals surface area contributed by atoms with Gasteiger partial charge >= 0.3 is 7.69 Å². The fraction of sp³-hybridized carbons (Fsp3) is 0.0526. The molecule has 0 amide bonds. The molecule has 0 aliphatic heterocycles. The minimum atomic E-state index is 0.476. The molecule has 0 N–H and O–H groups in total. The zero-order chi connectivity index (χ0) is 29.1. The quantitative estimate of drug-likeness (QED) is 0.140. The summed E-state index contributed by atoms with van der Waals surface area (Å²) in [5.41, 5.74) is 5.89. The Kier molecular flexibility index (Phi) is 9.01. The van der Waals surface area contributed by atoms with Gasteiger partial charge in [-0.3, -0.25) is 0 Å². The van der Waals surface area contributed by atoms with Crippen LogP contribution in [0.5, 0.6) is 23.0 Å². The largest absolute Gasteiger partial charge is 0.658 e. The highest BCUT2D eigenvalue weighted by Crippen LogP contribution is 2.38. The van der Waals surface area contributed by atoms with Gasteiger partial charge in [0.2, 0.25) is 0 Å². The Morgan fingerprint density at radius 3 is 1.02 bits per heavy atom. The number of ether oxygens (including phenoxy) is 2. The highest BCUT2D eigenvalue weighted by Gasteiger charge is 2.15. The van der Waals surface area contributed by atoms with E-state index in [1.165, 1.54) is 7.69 Å². The number of hydrogen-bond donors (Lipinski definition) is 0. The van der Waals surface area contributed by atoms with Crippen LogP contribution in [-0.4, -0.2) is 7.69 Å². The van der Waals surface area contributed by atoms with Crippen LogP contribution in [0.1, 0.15) is 11.1 Å². The molecule has 6 aromatic carbocycles. The number of rotatable bonds is 12. The molecule has 0 fully saturated rings. The predicted molar refractivity (Wildman–Crippen MR) is 172 cm³/mol. The lowest BCUT2D eigenvalue weighted by Crippen LogP contribution is -2.12. The third-order valence-corrected chi connectivity index (χ3v) is 6.95. The second-order valence-electron chi connectivity index (χ2n) is 9.87. The first-order valence-electron chi connectivity index (χ1n) is 14.2. The van der Waals surface area contributed by atoms with Gasteiger partial charge in [0.05, 0.1) is 0 Å². The summed E-state index contributed by atoms with van der Waals surface area (Å²) in [5, 5.41) is 0. The SMILES string of the molecule is [B](Oc1ccccc1-c1ccccc1OCc1ccccc1)Oc1ccccc1-c1ccccc1OCc1ccccc1. The van der Waals surface area contributed by atoms with Crippen LogP contribution in [0.25, 0.3) is 22.3 Å². The van der Waals surface area contributed by atoms with Gasteiger partial charge in [-0.2, -0.15) is 0 Å². The maximum absolute atomic E-state index is 6.22. The zero-order valence-electron chi connectivity index (χ0n) is 23.6. The number of para-hydroxylation sites is 4. The molecule has 0 heterocycles. The predicted octanol–water partition coefficient (Wildman–Crippen LogP) is 9.17. The topological polar surface area (TPSA) is 36.9 Å². The highest BCUT2D eigenvalue weighted by molar-refractivity contribution is 6.21. The van der Waals surface area contributed by atoms with E-state index >= 15 is 0 Å². The van der Waals surface area contributed by atoms with Gasteiger partial charge in [0.1, 0.15) is 36.2 Å². The van der Waals surface area contributed by atoms with E-state index < -0.39 is 0 Å². The summed E-state index contributed by atoms with van der Waals surface area (Å²) in [6.07, 6.45) is 0. The first-order valence-corrected chi connectivity index (χ1v) is 14.2. The van der Waals surface area contributed by atoms with Crippen molar-refractivity contribution in [2.75, 3.05) is 0 Å². The summed E-state index contributed by atoms with van der Waals surface area (Å²) in [7, 11) is 1.37. The fourth-order valence-corrected chi connectivity index (χ4v) is 4.81. The molecule has 0 saturated heterocycles. The van der Waals surface area contributed by atoms with Gasteiger partial charge in [0, 0.05) is 22.3 Å². The lowest BCUT2D eigenvalue weighted by molar-refractivity contribution is 0.307. The van der Waals surface area contributed by atoms with Gasteiger partial charge in [0.15, 0.2) is 0 Å². The molecule has 0 aliphatic rings. The van der Waals surface area contributed by atoms with Gasteiger partial charge in [0.25, 0.3) is 0 Å². The summed E-state index contributed by atoms with van der Waals surface area (Å²) >= 11 is 0. The molecule has 0 bridgehead atoms. The van der Waals surface area contributed by atoms with Crippen molar-refractivity contribution in [1.29, 1.82) is 0 Å². The lowest BCUT2D eigenvalue weighted by atomic mass is 10.0. The zero-order valence-corrected chi connectivity index (χ0v) is 23.6. The van der Waals surface area contributed by atoms with E-state index in [9.17, 15) is 0 Å². The van der Waals surface area contributed by atoms with Crippen LogP contribution in [-0.2, 0) is 13.2 Å². The van der Waals surface area contributed by atoms with Crippen molar-refractivity contribution in [2.45, 2.75) is 13.2 Å². The molecule has 0 atom stereocenters. The van der Waals surface area contributed by atoms with E-state index in [0.717, 1.165) is 44.9 Å². The molecule has 0 aliphatic carbocycles. The van der Waals surface area contributed by atoms with Crippen molar-refractivity contribution in [3.63, 3.8) is 0 Å². The molecule has 6 aromatic rings. The van der Waals surface area contributed by atoms with Crippen LogP contribution in [0.3, 0.4) is 0 Å². The van der Waals surface area contributed by atoms with Crippen molar-refractivity contribution in [2.24, 2.45) is 0 Å². The molecular formula is C38H30BO4.